The van der Waals surface area contributed by atoms with E-state index in [1.807, 2.05) is 0 Å². The predicted octanol–water partition coefficient (Wildman–Crippen LogP) is 3.74. The number of anilines is 1. The van der Waals surface area contributed by atoms with E-state index in [0.717, 1.165) is 25.9 Å². The average Bonchev–Trinajstić information content (AvgIpc) is 2.62. The lowest BCUT2D eigenvalue weighted by atomic mass is 9.88. The molecule has 3 heteroatoms. The number of nitrogens with zero attached hydrogens (tertiary/aromatic N) is 1. The monoisotopic (exact) mass is 336 g/mol. The van der Waals surface area contributed by atoms with E-state index in [2.05, 4.69) is 65.7 Å². The third-order valence-corrected chi connectivity index (χ3v) is 5.81. The van der Waals surface area contributed by atoms with Crippen molar-refractivity contribution in [1.29, 1.82) is 0 Å². The molecule has 0 radical (unpaired) electrons. The fourth-order valence-electron chi connectivity index (χ4n) is 4.24. The van der Waals surface area contributed by atoms with Crippen LogP contribution in [0.4, 0.5) is 5.69 Å². The van der Waals surface area contributed by atoms with E-state index < -0.39 is 0 Å². The van der Waals surface area contributed by atoms with E-state index in [0.29, 0.717) is 12.1 Å². The SMILES string of the molecule is Cc1c(-c2ccccc2)cccc1N1CCC(NC2CC(O)C2)CC1. The van der Waals surface area contributed by atoms with E-state index in [1.165, 1.54) is 35.2 Å². The largest absolute Gasteiger partial charge is 0.393 e. The fourth-order valence-corrected chi connectivity index (χ4v) is 4.24. The van der Waals surface area contributed by atoms with Gasteiger partial charge in [-0.2, -0.15) is 0 Å². The summed E-state index contributed by atoms with van der Waals surface area (Å²) in [7, 11) is 0. The number of rotatable bonds is 4. The highest BCUT2D eigenvalue weighted by molar-refractivity contribution is 5.74. The summed E-state index contributed by atoms with van der Waals surface area (Å²) in [5, 5.41) is 13.2. The van der Waals surface area contributed by atoms with Crippen LogP contribution >= 0.6 is 0 Å². The molecule has 4 rings (SSSR count). The Bertz CT molecular complexity index is 701. The molecular formula is C22H28N2O. The van der Waals surface area contributed by atoms with Crippen molar-refractivity contribution in [3.05, 3.63) is 54.1 Å². The molecule has 2 aromatic carbocycles. The minimum atomic E-state index is -0.0686. The maximum atomic E-state index is 9.44. The van der Waals surface area contributed by atoms with Crippen molar-refractivity contribution in [1.82, 2.24) is 5.32 Å². The van der Waals surface area contributed by atoms with Gasteiger partial charge in [0.15, 0.2) is 0 Å². The van der Waals surface area contributed by atoms with Crippen molar-refractivity contribution in [2.24, 2.45) is 0 Å². The van der Waals surface area contributed by atoms with Crippen molar-refractivity contribution < 1.29 is 5.11 Å². The number of aliphatic hydroxyl groups excluding tert-OH is 1. The second-order valence-corrected chi connectivity index (χ2v) is 7.57. The van der Waals surface area contributed by atoms with Gasteiger partial charge in [-0.25, -0.2) is 0 Å². The lowest BCUT2D eigenvalue weighted by Gasteiger charge is -2.40. The first-order chi connectivity index (χ1) is 12.2. The van der Waals surface area contributed by atoms with E-state index in [4.69, 9.17) is 0 Å². The molecule has 1 saturated carbocycles. The molecule has 0 bridgehead atoms. The minimum Gasteiger partial charge on any atom is -0.393 e. The summed E-state index contributed by atoms with van der Waals surface area (Å²) in [4.78, 5) is 2.54. The Morgan fingerprint density at radius 2 is 1.64 bits per heavy atom. The van der Waals surface area contributed by atoms with Gasteiger partial charge in [0.2, 0.25) is 0 Å². The van der Waals surface area contributed by atoms with Crippen LogP contribution in [0.15, 0.2) is 48.5 Å². The summed E-state index contributed by atoms with van der Waals surface area (Å²) < 4.78 is 0. The third-order valence-electron chi connectivity index (χ3n) is 5.81. The molecule has 2 aromatic rings. The second kappa shape index (κ2) is 7.19. The van der Waals surface area contributed by atoms with Crippen LogP contribution in [0.1, 0.15) is 31.2 Å². The average molecular weight is 336 g/mol. The quantitative estimate of drug-likeness (QED) is 0.893. The molecule has 25 heavy (non-hydrogen) atoms. The topological polar surface area (TPSA) is 35.5 Å². The molecule has 0 spiro atoms. The molecule has 1 saturated heterocycles. The van der Waals surface area contributed by atoms with Gasteiger partial charge in [0, 0.05) is 30.9 Å². The zero-order valence-corrected chi connectivity index (χ0v) is 15.0. The van der Waals surface area contributed by atoms with Crippen LogP contribution in [0.25, 0.3) is 11.1 Å². The molecule has 3 nitrogen and oxygen atoms in total. The van der Waals surface area contributed by atoms with E-state index in [1.54, 1.807) is 0 Å². The van der Waals surface area contributed by atoms with Gasteiger partial charge < -0.3 is 15.3 Å². The molecule has 2 fully saturated rings. The zero-order chi connectivity index (χ0) is 17.2. The zero-order valence-electron chi connectivity index (χ0n) is 15.0. The lowest BCUT2D eigenvalue weighted by Crippen LogP contribution is -2.52. The third kappa shape index (κ3) is 3.58. The standard InChI is InChI=1S/C22H28N2O/c1-16-21(17-6-3-2-4-7-17)8-5-9-22(16)24-12-10-18(11-13-24)23-19-14-20(25)15-19/h2-9,18-20,23,25H,10-15H2,1H3. The highest BCUT2D eigenvalue weighted by Gasteiger charge is 2.30. The summed E-state index contributed by atoms with van der Waals surface area (Å²) in [6.07, 6.45) is 4.15. The predicted molar refractivity (Wildman–Crippen MR) is 104 cm³/mol. The van der Waals surface area contributed by atoms with Gasteiger partial charge in [0.25, 0.3) is 0 Å². The van der Waals surface area contributed by atoms with Crippen LogP contribution < -0.4 is 10.2 Å². The first-order valence-electron chi connectivity index (χ1n) is 9.55. The number of hydrogen-bond donors (Lipinski definition) is 2. The molecule has 2 N–H and O–H groups in total. The Labute approximate surface area is 150 Å². The number of nitrogens with one attached hydrogen (secondary N) is 1. The smallest absolute Gasteiger partial charge is 0.0570 e. The van der Waals surface area contributed by atoms with Gasteiger partial charge in [-0.3, -0.25) is 0 Å². The van der Waals surface area contributed by atoms with Crippen molar-refractivity contribution in [2.45, 2.75) is 50.8 Å². The van der Waals surface area contributed by atoms with Crippen LogP contribution in [-0.2, 0) is 0 Å². The summed E-state index contributed by atoms with van der Waals surface area (Å²) >= 11 is 0. The molecular weight excluding hydrogens is 308 g/mol. The van der Waals surface area contributed by atoms with Crippen LogP contribution in [0, 0.1) is 6.92 Å². The van der Waals surface area contributed by atoms with E-state index in [9.17, 15) is 5.11 Å². The Hall–Kier alpha value is -1.84. The first-order valence-corrected chi connectivity index (χ1v) is 9.55. The van der Waals surface area contributed by atoms with E-state index >= 15 is 0 Å². The number of benzene rings is 2. The highest BCUT2D eigenvalue weighted by Crippen LogP contribution is 2.32. The lowest BCUT2D eigenvalue weighted by molar-refractivity contribution is 0.0562. The van der Waals surface area contributed by atoms with Crippen LogP contribution in [0.5, 0.6) is 0 Å². The van der Waals surface area contributed by atoms with Gasteiger partial charge >= 0.3 is 0 Å². The molecule has 1 aliphatic carbocycles. The summed E-state index contributed by atoms with van der Waals surface area (Å²) in [5.41, 5.74) is 5.38. The van der Waals surface area contributed by atoms with Gasteiger partial charge in [0.1, 0.15) is 0 Å². The number of hydrogen-bond acceptors (Lipinski definition) is 3. The Morgan fingerprint density at radius 3 is 2.32 bits per heavy atom. The molecule has 0 aromatic heterocycles. The summed E-state index contributed by atoms with van der Waals surface area (Å²) in [6, 6.07) is 18.5. The molecule has 0 amide bonds. The summed E-state index contributed by atoms with van der Waals surface area (Å²) in [6.45, 7) is 4.45. The Morgan fingerprint density at radius 1 is 0.920 bits per heavy atom. The van der Waals surface area contributed by atoms with Crippen LogP contribution in [-0.4, -0.2) is 36.4 Å². The van der Waals surface area contributed by atoms with E-state index in [-0.39, 0.29) is 6.10 Å². The van der Waals surface area contributed by atoms with Crippen LogP contribution in [0.2, 0.25) is 0 Å². The van der Waals surface area contributed by atoms with Gasteiger partial charge in [-0.1, -0.05) is 42.5 Å². The fraction of sp³-hybridized carbons (Fsp3) is 0.455. The van der Waals surface area contributed by atoms with Gasteiger partial charge in [-0.15, -0.1) is 0 Å². The van der Waals surface area contributed by atoms with Crippen molar-refractivity contribution in [3.63, 3.8) is 0 Å². The minimum absolute atomic E-state index is 0.0686. The first kappa shape index (κ1) is 16.6. The Kier molecular flexibility index (Phi) is 4.78. The van der Waals surface area contributed by atoms with Crippen molar-refractivity contribution in [3.8, 4) is 11.1 Å². The van der Waals surface area contributed by atoms with Gasteiger partial charge in [-0.05, 0) is 55.4 Å². The summed E-state index contributed by atoms with van der Waals surface area (Å²) in [5.74, 6) is 0. The normalized spacial score (nSPS) is 24.2. The number of piperidine rings is 1. The molecule has 1 aliphatic heterocycles. The maximum Gasteiger partial charge on any atom is 0.0570 e. The molecule has 2 aliphatic rings. The van der Waals surface area contributed by atoms with Gasteiger partial charge in [0.05, 0.1) is 6.10 Å². The van der Waals surface area contributed by atoms with Crippen molar-refractivity contribution in [2.75, 3.05) is 18.0 Å². The maximum absolute atomic E-state index is 9.44. The molecule has 132 valence electrons. The van der Waals surface area contributed by atoms with Crippen LogP contribution in [0.3, 0.4) is 0 Å². The molecule has 0 atom stereocenters. The molecule has 1 heterocycles. The Balaban J connectivity index is 1.43. The second-order valence-electron chi connectivity index (χ2n) is 7.57. The molecule has 0 unspecified atom stereocenters. The highest BCUT2D eigenvalue weighted by atomic mass is 16.3. The number of aliphatic hydroxyl groups is 1. The van der Waals surface area contributed by atoms with Crippen molar-refractivity contribution >= 4 is 5.69 Å².